The number of nitrogens with zero attached hydrogens (tertiary/aromatic N) is 4. The highest BCUT2D eigenvalue weighted by atomic mass is 32.1. The zero-order chi connectivity index (χ0) is 23.1. The highest BCUT2D eigenvalue weighted by Gasteiger charge is 2.26. The smallest absolute Gasteiger partial charge is 0.185 e. The van der Waals surface area contributed by atoms with E-state index in [2.05, 4.69) is 14.9 Å². The molecule has 1 aliphatic heterocycles. The first-order valence-electron chi connectivity index (χ1n) is 10.6. The lowest BCUT2D eigenvalue weighted by molar-refractivity contribution is 0.0988. The van der Waals surface area contributed by atoms with E-state index in [0.717, 1.165) is 51.6 Å². The first kappa shape index (κ1) is 21.5. The summed E-state index contributed by atoms with van der Waals surface area (Å²) in [6, 6.07) is 8.98. The van der Waals surface area contributed by atoms with E-state index in [-0.39, 0.29) is 35.3 Å². The number of hydrogen-bond acceptors (Lipinski definition) is 7. The molecule has 1 saturated heterocycles. The van der Waals surface area contributed by atoms with Crippen LogP contribution >= 0.6 is 11.3 Å². The number of halogens is 2. The molecule has 4 aromatic rings. The van der Waals surface area contributed by atoms with Crippen LogP contribution in [-0.2, 0) is 6.42 Å². The molecule has 6 nitrogen and oxygen atoms in total. The van der Waals surface area contributed by atoms with Crippen LogP contribution in [0.15, 0.2) is 42.6 Å². The van der Waals surface area contributed by atoms with Crippen molar-refractivity contribution in [1.29, 1.82) is 0 Å². The van der Waals surface area contributed by atoms with E-state index in [4.69, 9.17) is 10.7 Å². The largest absolute Gasteiger partial charge is 0.368 e. The van der Waals surface area contributed by atoms with Gasteiger partial charge in [-0.3, -0.25) is 4.79 Å². The molecule has 0 radical (unpaired) electrons. The molecule has 0 aliphatic carbocycles. The van der Waals surface area contributed by atoms with E-state index in [1.807, 2.05) is 19.1 Å². The molecule has 2 N–H and O–H groups in total. The van der Waals surface area contributed by atoms with Crippen molar-refractivity contribution in [3.05, 3.63) is 70.5 Å². The summed E-state index contributed by atoms with van der Waals surface area (Å²) in [5, 5.41) is 0.950. The van der Waals surface area contributed by atoms with Crippen molar-refractivity contribution in [2.75, 3.05) is 18.0 Å². The maximum Gasteiger partial charge on any atom is 0.185 e. The fraction of sp³-hybridized carbons (Fsp3) is 0.250. The van der Waals surface area contributed by atoms with Gasteiger partial charge in [0.05, 0.1) is 21.0 Å². The van der Waals surface area contributed by atoms with Gasteiger partial charge in [0, 0.05) is 31.7 Å². The molecule has 2 aromatic heterocycles. The normalized spacial score (nSPS) is 16.0. The lowest BCUT2D eigenvalue weighted by Gasteiger charge is -2.22. The minimum absolute atomic E-state index is 0.0728. The van der Waals surface area contributed by atoms with Crippen LogP contribution in [0.4, 0.5) is 14.5 Å². The summed E-state index contributed by atoms with van der Waals surface area (Å²) < 4.78 is 29.4. The highest BCUT2D eigenvalue weighted by Crippen LogP contribution is 2.36. The molecule has 0 amide bonds. The zero-order valence-electron chi connectivity index (χ0n) is 17.9. The van der Waals surface area contributed by atoms with Crippen LogP contribution in [0.5, 0.6) is 0 Å². The minimum Gasteiger partial charge on any atom is -0.368 e. The lowest BCUT2D eigenvalue weighted by atomic mass is 10.0. The summed E-state index contributed by atoms with van der Waals surface area (Å²) in [4.78, 5) is 28.3. The summed E-state index contributed by atoms with van der Waals surface area (Å²) in [7, 11) is 0. The Morgan fingerprint density at radius 2 is 1.97 bits per heavy atom. The number of nitrogens with two attached hydrogens (primary N) is 1. The number of ketones is 1. The van der Waals surface area contributed by atoms with Gasteiger partial charge >= 0.3 is 0 Å². The van der Waals surface area contributed by atoms with Crippen LogP contribution in [0, 0.1) is 18.6 Å². The van der Waals surface area contributed by atoms with Crippen molar-refractivity contribution in [3.8, 4) is 11.4 Å². The van der Waals surface area contributed by atoms with Gasteiger partial charge in [-0.2, -0.15) is 0 Å². The topological polar surface area (TPSA) is 85.0 Å². The van der Waals surface area contributed by atoms with Gasteiger partial charge in [0.25, 0.3) is 0 Å². The van der Waals surface area contributed by atoms with Crippen LogP contribution in [-0.4, -0.2) is 39.9 Å². The van der Waals surface area contributed by atoms with Crippen LogP contribution in [0.3, 0.4) is 0 Å². The number of rotatable bonds is 5. The summed E-state index contributed by atoms with van der Waals surface area (Å²) in [6.45, 7) is 3.45. The Balaban J connectivity index is 1.51. The van der Waals surface area contributed by atoms with Crippen molar-refractivity contribution in [2.45, 2.75) is 25.8 Å². The Labute approximate surface area is 193 Å². The van der Waals surface area contributed by atoms with E-state index in [9.17, 15) is 13.6 Å². The minimum atomic E-state index is -0.781. The van der Waals surface area contributed by atoms with Crippen molar-refractivity contribution in [1.82, 2.24) is 15.0 Å². The summed E-state index contributed by atoms with van der Waals surface area (Å²) >= 11 is 1.61. The van der Waals surface area contributed by atoms with E-state index in [1.54, 1.807) is 11.3 Å². The number of aromatic nitrogens is 3. The highest BCUT2D eigenvalue weighted by molar-refractivity contribution is 7.18. The third-order valence-corrected chi connectivity index (χ3v) is 6.68. The van der Waals surface area contributed by atoms with E-state index in [1.165, 1.54) is 18.3 Å². The van der Waals surface area contributed by atoms with Gasteiger partial charge < -0.3 is 10.6 Å². The molecular weight excluding hydrogens is 444 g/mol. The predicted octanol–water partition coefficient (Wildman–Crippen LogP) is 4.30. The molecule has 0 saturated carbocycles. The number of anilines is 1. The van der Waals surface area contributed by atoms with Crippen molar-refractivity contribution in [2.24, 2.45) is 5.73 Å². The van der Waals surface area contributed by atoms with Crippen molar-refractivity contribution < 1.29 is 13.6 Å². The second-order valence-electron chi connectivity index (χ2n) is 8.11. The van der Waals surface area contributed by atoms with Gasteiger partial charge in [-0.15, -0.1) is 11.3 Å². The van der Waals surface area contributed by atoms with Gasteiger partial charge in [0.2, 0.25) is 0 Å². The maximum absolute atomic E-state index is 14.2. The monoisotopic (exact) mass is 465 g/mol. The standard InChI is InChI=1S/C24H21F2N5OS/c1-13-29-22-20(33-13)6-5-14(23(22)31-10-8-15(27)12-31)11-19(32)18-7-9-28-24(30-18)21-16(25)3-2-4-17(21)26/h2-7,9,15H,8,10-12,27H2,1H3/t15-/m1/s1. The van der Waals surface area contributed by atoms with E-state index < -0.39 is 11.6 Å². The number of carbonyl (C=O) groups excluding carboxylic acids is 1. The number of aryl methyl sites for hydroxylation is 1. The summed E-state index contributed by atoms with van der Waals surface area (Å²) in [5.74, 6) is -1.99. The SMILES string of the molecule is Cc1nc2c(N3CC[C@@H](N)C3)c(CC(=O)c3ccnc(-c4c(F)cccc4F)n3)ccc2s1. The number of benzene rings is 2. The van der Waals surface area contributed by atoms with Gasteiger partial charge in [0.1, 0.15) is 22.8 Å². The molecule has 9 heteroatoms. The zero-order valence-corrected chi connectivity index (χ0v) is 18.7. The molecule has 5 rings (SSSR count). The molecule has 0 unspecified atom stereocenters. The molecule has 0 spiro atoms. The molecule has 1 aliphatic rings. The number of Topliss-reactive ketones (excluding diaryl/α,β-unsaturated/α-hetero) is 1. The first-order valence-corrected chi connectivity index (χ1v) is 11.4. The van der Waals surface area contributed by atoms with Crippen LogP contribution < -0.4 is 10.6 Å². The molecule has 1 fully saturated rings. The van der Waals surface area contributed by atoms with E-state index >= 15 is 0 Å². The van der Waals surface area contributed by atoms with Crippen molar-refractivity contribution in [3.63, 3.8) is 0 Å². The summed E-state index contributed by atoms with van der Waals surface area (Å²) in [6.07, 6.45) is 2.29. The van der Waals surface area contributed by atoms with Gasteiger partial charge in [-0.25, -0.2) is 23.7 Å². The average Bonchev–Trinajstić information content (AvgIpc) is 3.38. The number of fused-ring (bicyclic) bond motifs is 1. The fourth-order valence-electron chi connectivity index (χ4n) is 4.23. The van der Waals surface area contributed by atoms with Gasteiger partial charge in [-0.05, 0) is 43.2 Å². The molecule has 2 aromatic carbocycles. The number of hydrogen-bond donors (Lipinski definition) is 1. The van der Waals surface area contributed by atoms with Gasteiger partial charge in [-0.1, -0.05) is 12.1 Å². The average molecular weight is 466 g/mol. The number of carbonyl (C=O) groups is 1. The third kappa shape index (κ3) is 4.09. The molecule has 0 bridgehead atoms. The fourth-order valence-corrected chi connectivity index (χ4v) is 5.06. The lowest BCUT2D eigenvalue weighted by Crippen LogP contribution is -2.27. The Bertz CT molecular complexity index is 1350. The molecule has 33 heavy (non-hydrogen) atoms. The molecule has 168 valence electrons. The maximum atomic E-state index is 14.2. The third-order valence-electron chi connectivity index (χ3n) is 5.74. The van der Waals surface area contributed by atoms with Gasteiger partial charge in [0.15, 0.2) is 11.6 Å². The second kappa shape index (κ2) is 8.57. The molecule has 1 atom stereocenters. The Morgan fingerprint density at radius 3 is 2.70 bits per heavy atom. The summed E-state index contributed by atoms with van der Waals surface area (Å²) in [5.41, 5.74) is 8.51. The second-order valence-corrected chi connectivity index (χ2v) is 9.34. The van der Waals surface area contributed by atoms with Crippen LogP contribution in [0.25, 0.3) is 21.6 Å². The Hall–Kier alpha value is -3.30. The predicted molar refractivity (Wildman–Crippen MR) is 125 cm³/mol. The molecular formula is C24H21F2N5OS. The Morgan fingerprint density at radius 1 is 1.18 bits per heavy atom. The van der Waals surface area contributed by atoms with Crippen molar-refractivity contribution >= 4 is 33.0 Å². The first-order chi connectivity index (χ1) is 15.9. The Kier molecular flexibility index (Phi) is 5.59. The number of thiazole rings is 1. The van der Waals surface area contributed by atoms with Crippen LogP contribution in [0.1, 0.15) is 27.5 Å². The molecule has 3 heterocycles. The quantitative estimate of drug-likeness (QED) is 0.443. The van der Waals surface area contributed by atoms with E-state index in [0.29, 0.717) is 6.54 Å². The van der Waals surface area contributed by atoms with Crippen LogP contribution in [0.2, 0.25) is 0 Å².